The van der Waals surface area contributed by atoms with Crippen LogP contribution in [0.4, 0.5) is 0 Å². The van der Waals surface area contributed by atoms with E-state index in [4.69, 9.17) is 4.98 Å². The summed E-state index contributed by atoms with van der Waals surface area (Å²) in [6, 6.07) is 14.9. The molecule has 0 radical (unpaired) electrons. The van der Waals surface area contributed by atoms with Gasteiger partial charge in [-0.2, -0.15) is 0 Å². The van der Waals surface area contributed by atoms with E-state index in [2.05, 4.69) is 55.1 Å². The van der Waals surface area contributed by atoms with Gasteiger partial charge in [-0.05, 0) is 67.5 Å². The van der Waals surface area contributed by atoms with Gasteiger partial charge in [0.2, 0.25) is 0 Å². The van der Waals surface area contributed by atoms with Crippen LogP contribution in [0.5, 0.6) is 0 Å². The Morgan fingerprint density at radius 1 is 1.08 bits per heavy atom. The predicted octanol–water partition coefficient (Wildman–Crippen LogP) is 4.84. The molecule has 1 aliphatic rings. The van der Waals surface area contributed by atoms with Crippen LogP contribution in [0.25, 0.3) is 0 Å². The summed E-state index contributed by atoms with van der Waals surface area (Å²) in [4.78, 5) is 28.8. The van der Waals surface area contributed by atoms with Crippen LogP contribution < -0.4 is 5.32 Å². The molecule has 7 heteroatoms. The number of imidazole rings is 1. The zero-order valence-corrected chi connectivity index (χ0v) is 21.8. The van der Waals surface area contributed by atoms with Crippen LogP contribution >= 0.6 is 0 Å². The molecule has 1 unspecified atom stereocenters. The monoisotopic (exact) mass is 494 g/mol. The average Bonchev–Trinajstić information content (AvgIpc) is 3.31. The van der Waals surface area contributed by atoms with Crippen molar-refractivity contribution in [2.45, 2.75) is 58.8 Å². The number of carbonyl (C=O) groups excluding carboxylic acids is 1. The van der Waals surface area contributed by atoms with E-state index in [1.807, 2.05) is 51.7 Å². The number of amides is 1. The summed E-state index contributed by atoms with van der Waals surface area (Å²) in [5.74, 6) is -0.0868. The van der Waals surface area contributed by atoms with Gasteiger partial charge in [0.25, 0.3) is 5.91 Å². The minimum absolute atomic E-state index is 0.0868. The van der Waals surface area contributed by atoms with Crippen molar-refractivity contribution in [2.75, 3.05) is 0 Å². The number of aryl methyl sites for hydroxylation is 4. The van der Waals surface area contributed by atoms with E-state index in [9.17, 15) is 4.79 Å². The first kappa shape index (κ1) is 24.8. The fourth-order valence-electron chi connectivity index (χ4n) is 5.34. The van der Waals surface area contributed by atoms with E-state index in [-0.39, 0.29) is 11.9 Å². The highest BCUT2D eigenvalue weighted by Crippen LogP contribution is 2.34. The van der Waals surface area contributed by atoms with Gasteiger partial charge in [-0.15, -0.1) is 0 Å². The van der Waals surface area contributed by atoms with Crippen molar-refractivity contribution in [3.05, 3.63) is 112 Å². The number of rotatable bonds is 8. The SMILES string of the molecule is Cc1ccnc(C)c1C(=O)NCc1cccc(CN(Cc2cncn2C)C2CCCc3cccnc32)c1. The molecule has 1 N–H and O–H groups in total. The highest BCUT2D eigenvalue weighted by Gasteiger charge is 2.28. The molecule has 3 aromatic heterocycles. The van der Waals surface area contributed by atoms with E-state index in [1.54, 1.807) is 6.20 Å². The molecule has 1 aliphatic carbocycles. The molecule has 7 nitrogen and oxygen atoms in total. The van der Waals surface area contributed by atoms with Gasteiger partial charge in [-0.25, -0.2) is 4.98 Å². The highest BCUT2D eigenvalue weighted by atomic mass is 16.1. The van der Waals surface area contributed by atoms with Crippen molar-refractivity contribution in [3.63, 3.8) is 0 Å². The number of hydrogen-bond acceptors (Lipinski definition) is 5. The molecule has 4 aromatic rings. The predicted molar refractivity (Wildman–Crippen MR) is 144 cm³/mol. The molecule has 5 rings (SSSR count). The minimum Gasteiger partial charge on any atom is -0.348 e. The molecule has 0 fully saturated rings. The number of nitrogens with one attached hydrogen (secondary N) is 1. The first-order valence-electron chi connectivity index (χ1n) is 12.9. The molecular formula is C30H34N6O. The van der Waals surface area contributed by atoms with Gasteiger partial charge in [-0.1, -0.05) is 30.3 Å². The number of pyridine rings is 2. The van der Waals surface area contributed by atoms with Crippen LogP contribution in [-0.4, -0.2) is 30.3 Å². The van der Waals surface area contributed by atoms with Crippen LogP contribution in [0.3, 0.4) is 0 Å². The van der Waals surface area contributed by atoms with Crippen molar-refractivity contribution >= 4 is 5.91 Å². The Labute approximate surface area is 218 Å². The van der Waals surface area contributed by atoms with Crippen LogP contribution in [-0.2, 0) is 33.1 Å². The Kier molecular flexibility index (Phi) is 7.42. The Morgan fingerprint density at radius 2 is 1.95 bits per heavy atom. The highest BCUT2D eigenvalue weighted by molar-refractivity contribution is 5.96. The first-order chi connectivity index (χ1) is 18.0. The van der Waals surface area contributed by atoms with Crippen LogP contribution in [0.15, 0.2) is 67.4 Å². The molecule has 0 bridgehead atoms. The number of aromatic nitrogens is 4. The number of nitrogens with zero attached hydrogens (tertiary/aromatic N) is 5. The molecule has 3 heterocycles. The Balaban J connectivity index is 1.35. The fraction of sp³-hybridized carbons (Fsp3) is 0.333. The maximum atomic E-state index is 12.9. The fourth-order valence-corrected chi connectivity index (χ4v) is 5.34. The average molecular weight is 495 g/mol. The second kappa shape index (κ2) is 11.0. The second-order valence-corrected chi connectivity index (χ2v) is 9.95. The van der Waals surface area contributed by atoms with E-state index in [0.29, 0.717) is 12.1 Å². The standard InChI is InChI=1S/C30H34N6O/c1-21-12-14-32-22(2)28(21)30(37)34-16-23-7-4-8-24(15-23)18-36(19-26-17-31-20-35(26)3)27-11-5-9-25-10-6-13-33-29(25)27/h4,6-8,10,12-15,17,20,27H,5,9,11,16,18-19H2,1-3H3,(H,34,37). The number of hydrogen-bond donors (Lipinski definition) is 1. The van der Waals surface area contributed by atoms with Crippen molar-refractivity contribution in [3.8, 4) is 0 Å². The Hall–Kier alpha value is -3.84. The normalized spacial score (nSPS) is 15.0. The summed E-state index contributed by atoms with van der Waals surface area (Å²) in [5, 5.41) is 3.08. The Morgan fingerprint density at radius 3 is 2.76 bits per heavy atom. The maximum Gasteiger partial charge on any atom is 0.253 e. The number of benzene rings is 1. The third kappa shape index (κ3) is 5.62. The molecule has 0 aliphatic heterocycles. The molecule has 190 valence electrons. The van der Waals surface area contributed by atoms with Crippen LogP contribution in [0.2, 0.25) is 0 Å². The lowest BCUT2D eigenvalue weighted by Crippen LogP contribution is -2.32. The van der Waals surface area contributed by atoms with Gasteiger partial charge in [0, 0.05) is 45.3 Å². The van der Waals surface area contributed by atoms with Gasteiger partial charge in [-0.3, -0.25) is 19.7 Å². The van der Waals surface area contributed by atoms with Crippen molar-refractivity contribution in [2.24, 2.45) is 7.05 Å². The molecule has 1 amide bonds. The lowest BCUT2D eigenvalue weighted by molar-refractivity contribution is 0.0949. The van der Waals surface area contributed by atoms with E-state index < -0.39 is 0 Å². The zero-order valence-electron chi connectivity index (χ0n) is 21.8. The summed E-state index contributed by atoms with van der Waals surface area (Å²) in [7, 11) is 2.04. The summed E-state index contributed by atoms with van der Waals surface area (Å²) in [6.07, 6.45) is 10.8. The lowest BCUT2D eigenvalue weighted by atomic mass is 9.90. The maximum absolute atomic E-state index is 12.9. The molecule has 1 atom stereocenters. The van der Waals surface area contributed by atoms with E-state index in [0.717, 1.165) is 49.2 Å². The molecule has 0 spiro atoms. The topological polar surface area (TPSA) is 75.9 Å². The van der Waals surface area contributed by atoms with Crippen LogP contribution in [0, 0.1) is 13.8 Å². The summed E-state index contributed by atoms with van der Waals surface area (Å²) >= 11 is 0. The van der Waals surface area contributed by atoms with Crippen molar-refractivity contribution < 1.29 is 4.79 Å². The molecule has 0 saturated carbocycles. The third-order valence-corrected chi connectivity index (χ3v) is 7.29. The van der Waals surface area contributed by atoms with Crippen LogP contribution in [0.1, 0.15) is 68.6 Å². The molecule has 37 heavy (non-hydrogen) atoms. The third-order valence-electron chi connectivity index (χ3n) is 7.29. The van der Waals surface area contributed by atoms with Gasteiger partial charge < -0.3 is 9.88 Å². The molecular weight excluding hydrogens is 460 g/mol. The first-order valence-corrected chi connectivity index (χ1v) is 12.9. The van der Waals surface area contributed by atoms with E-state index >= 15 is 0 Å². The molecule has 0 saturated heterocycles. The van der Waals surface area contributed by atoms with Gasteiger partial charge >= 0.3 is 0 Å². The van der Waals surface area contributed by atoms with Gasteiger partial charge in [0.15, 0.2) is 0 Å². The lowest BCUT2D eigenvalue weighted by Gasteiger charge is -2.35. The number of carbonyl (C=O) groups is 1. The Bertz CT molecular complexity index is 1370. The van der Waals surface area contributed by atoms with Crippen molar-refractivity contribution in [1.29, 1.82) is 0 Å². The van der Waals surface area contributed by atoms with Gasteiger partial charge in [0.05, 0.1) is 35.0 Å². The minimum atomic E-state index is -0.0868. The largest absolute Gasteiger partial charge is 0.348 e. The number of fused-ring (bicyclic) bond motifs is 1. The zero-order chi connectivity index (χ0) is 25.8. The quantitative estimate of drug-likeness (QED) is 0.379. The molecule has 1 aromatic carbocycles. The summed E-state index contributed by atoms with van der Waals surface area (Å²) < 4.78 is 2.09. The summed E-state index contributed by atoms with van der Waals surface area (Å²) in [6.45, 7) is 5.86. The van der Waals surface area contributed by atoms with Crippen molar-refractivity contribution in [1.82, 2.24) is 29.7 Å². The van der Waals surface area contributed by atoms with Gasteiger partial charge in [0.1, 0.15) is 0 Å². The van der Waals surface area contributed by atoms with E-state index in [1.165, 1.54) is 22.5 Å². The smallest absolute Gasteiger partial charge is 0.253 e. The second-order valence-electron chi connectivity index (χ2n) is 9.95. The summed E-state index contributed by atoms with van der Waals surface area (Å²) in [5.41, 5.74) is 8.36.